The molecule has 108 valence electrons. The molecule has 0 amide bonds. The number of sulfonamides is 1. The quantitative estimate of drug-likeness (QED) is 0.932. The predicted molar refractivity (Wildman–Crippen MR) is 78.5 cm³/mol. The van der Waals surface area contributed by atoms with Crippen LogP contribution in [0.4, 0.5) is 11.4 Å². The van der Waals surface area contributed by atoms with Crippen molar-refractivity contribution in [2.24, 2.45) is 7.05 Å². The van der Waals surface area contributed by atoms with Crippen molar-refractivity contribution in [1.82, 2.24) is 14.1 Å². The van der Waals surface area contributed by atoms with Gasteiger partial charge in [-0.2, -0.15) is 5.10 Å². The van der Waals surface area contributed by atoms with Crippen LogP contribution in [-0.4, -0.2) is 36.6 Å². The molecule has 0 fully saturated rings. The molecule has 20 heavy (non-hydrogen) atoms. The fourth-order valence-corrected chi connectivity index (χ4v) is 2.90. The summed E-state index contributed by atoms with van der Waals surface area (Å²) in [7, 11) is 1.36. The monoisotopic (exact) mass is 294 g/mol. The molecule has 0 saturated carbocycles. The summed E-state index contributed by atoms with van der Waals surface area (Å²) in [6.07, 6.45) is 1.81. The third-order valence-electron chi connectivity index (χ3n) is 2.93. The lowest BCUT2D eigenvalue weighted by Gasteiger charge is -2.15. The topological polar surface area (TPSA) is 67.2 Å². The van der Waals surface area contributed by atoms with E-state index in [9.17, 15) is 8.42 Å². The molecular weight excluding hydrogens is 276 g/mol. The lowest BCUT2D eigenvalue weighted by molar-refractivity contribution is 0.521. The molecule has 1 heterocycles. The molecule has 0 bridgehead atoms. The number of benzene rings is 1. The maximum Gasteiger partial charge on any atom is 0.244 e. The van der Waals surface area contributed by atoms with Gasteiger partial charge < -0.3 is 5.32 Å². The van der Waals surface area contributed by atoms with Gasteiger partial charge in [0.25, 0.3) is 0 Å². The highest BCUT2D eigenvalue weighted by atomic mass is 32.2. The first-order valence-corrected chi connectivity index (χ1v) is 7.55. The van der Waals surface area contributed by atoms with Gasteiger partial charge in [-0.15, -0.1) is 0 Å². The number of aryl methyl sites for hydroxylation is 2. The molecule has 0 spiro atoms. The average molecular weight is 294 g/mol. The first-order valence-electron chi connectivity index (χ1n) is 6.11. The van der Waals surface area contributed by atoms with E-state index in [1.54, 1.807) is 28.9 Å². The number of hydrogen-bond acceptors (Lipinski definition) is 4. The van der Waals surface area contributed by atoms with Crippen molar-refractivity contribution in [1.29, 1.82) is 0 Å². The first-order chi connectivity index (χ1) is 9.32. The second-order valence-electron chi connectivity index (χ2n) is 4.71. The number of nitrogens with zero attached hydrogens (tertiary/aromatic N) is 3. The second-order valence-corrected chi connectivity index (χ2v) is 6.83. The zero-order valence-electron chi connectivity index (χ0n) is 12.0. The van der Waals surface area contributed by atoms with Gasteiger partial charge in [-0.3, -0.25) is 4.68 Å². The maximum absolute atomic E-state index is 12.3. The molecule has 0 radical (unpaired) electrons. The Morgan fingerprint density at radius 1 is 1.20 bits per heavy atom. The lowest BCUT2D eigenvalue weighted by Crippen LogP contribution is -2.23. The van der Waals surface area contributed by atoms with Crippen molar-refractivity contribution in [3.8, 4) is 0 Å². The third-order valence-corrected chi connectivity index (χ3v) is 4.80. The van der Waals surface area contributed by atoms with E-state index >= 15 is 0 Å². The van der Waals surface area contributed by atoms with Gasteiger partial charge in [-0.05, 0) is 19.1 Å². The van der Waals surface area contributed by atoms with Crippen molar-refractivity contribution in [3.05, 3.63) is 36.2 Å². The predicted octanol–water partition coefficient (Wildman–Crippen LogP) is 1.72. The third kappa shape index (κ3) is 2.68. The van der Waals surface area contributed by atoms with Crippen molar-refractivity contribution >= 4 is 21.4 Å². The van der Waals surface area contributed by atoms with E-state index < -0.39 is 10.0 Å². The molecule has 0 atom stereocenters. The van der Waals surface area contributed by atoms with E-state index in [-0.39, 0.29) is 4.90 Å². The fraction of sp³-hybridized carbons (Fsp3) is 0.308. The Labute approximate surface area is 119 Å². The molecule has 0 aliphatic heterocycles. The Bertz CT molecular complexity index is 720. The number of rotatable bonds is 4. The van der Waals surface area contributed by atoms with Crippen LogP contribution in [0, 0.1) is 6.92 Å². The van der Waals surface area contributed by atoms with Gasteiger partial charge in [0, 0.05) is 27.3 Å². The summed E-state index contributed by atoms with van der Waals surface area (Å²) in [5.41, 5.74) is 2.13. The molecule has 0 saturated heterocycles. The Morgan fingerprint density at radius 2 is 1.85 bits per heavy atom. The maximum atomic E-state index is 12.3. The van der Waals surface area contributed by atoms with Crippen LogP contribution in [0.15, 0.2) is 35.4 Å². The smallest absolute Gasteiger partial charge is 0.244 e. The van der Waals surface area contributed by atoms with E-state index in [2.05, 4.69) is 10.4 Å². The number of anilines is 2. The van der Waals surface area contributed by atoms with Gasteiger partial charge in [-0.1, -0.05) is 12.1 Å². The molecule has 7 heteroatoms. The minimum atomic E-state index is -3.49. The first kappa shape index (κ1) is 14.5. The van der Waals surface area contributed by atoms with E-state index in [4.69, 9.17) is 0 Å². The van der Waals surface area contributed by atoms with Gasteiger partial charge in [0.15, 0.2) is 0 Å². The summed E-state index contributed by atoms with van der Waals surface area (Å²) in [5.74, 6) is 0. The molecule has 1 N–H and O–H groups in total. The van der Waals surface area contributed by atoms with E-state index in [1.807, 2.05) is 20.2 Å². The van der Waals surface area contributed by atoms with Crippen LogP contribution in [0.25, 0.3) is 0 Å². The SMILES string of the molecule is Cc1nn(C)cc1Nc1ccccc1S(=O)(=O)N(C)C. The highest BCUT2D eigenvalue weighted by molar-refractivity contribution is 7.89. The van der Waals surface area contributed by atoms with Gasteiger partial charge >= 0.3 is 0 Å². The molecule has 0 aliphatic rings. The van der Waals surface area contributed by atoms with Gasteiger partial charge in [0.2, 0.25) is 10.0 Å². The van der Waals surface area contributed by atoms with Gasteiger partial charge in [0.05, 0.1) is 17.1 Å². The minimum absolute atomic E-state index is 0.244. The summed E-state index contributed by atoms with van der Waals surface area (Å²) < 4.78 is 27.5. The van der Waals surface area contributed by atoms with Crippen molar-refractivity contribution in [3.63, 3.8) is 0 Å². The summed E-state index contributed by atoms with van der Waals surface area (Å²) in [4.78, 5) is 0.244. The summed E-state index contributed by atoms with van der Waals surface area (Å²) in [6, 6.07) is 6.83. The molecular formula is C13H18N4O2S. The van der Waals surface area contributed by atoms with Crippen LogP contribution in [0.5, 0.6) is 0 Å². The summed E-state index contributed by atoms with van der Waals surface area (Å²) >= 11 is 0. The largest absolute Gasteiger partial charge is 0.352 e. The van der Waals surface area contributed by atoms with Crippen LogP contribution in [0.3, 0.4) is 0 Å². The Morgan fingerprint density at radius 3 is 2.40 bits per heavy atom. The van der Waals surface area contributed by atoms with Crippen LogP contribution in [-0.2, 0) is 17.1 Å². The van der Waals surface area contributed by atoms with Crippen LogP contribution < -0.4 is 5.32 Å². The molecule has 1 aromatic heterocycles. The Kier molecular flexibility index (Phi) is 3.82. The van der Waals surface area contributed by atoms with E-state index in [0.29, 0.717) is 5.69 Å². The van der Waals surface area contributed by atoms with Crippen LogP contribution in [0.2, 0.25) is 0 Å². The number of para-hydroxylation sites is 1. The van der Waals surface area contributed by atoms with Gasteiger partial charge in [-0.25, -0.2) is 12.7 Å². The Balaban J connectivity index is 2.46. The van der Waals surface area contributed by atoms with Crippen LogP contribution >= 0.6 is 0 Å². The highest BCUT2D eigenvalue weighted by Crippen LogP contribution is 2.27. The summed E-state index contributed by atoms with van der Waals surface area (Å²) in [6.45, 7) is 1.87. The van der Waals surface area contributed by atoms with Crippen molar-refractivity contribution < 1.29 is 8.42 Å². The number of nitrogens with one attached hydrogen (secondary N) is 1. The molecule has 2 aromatic rings. The van der Waals surface area contributed by atoms with E-state index in [0.717, 1.165) is 11.4 Å². The molecule has 0 aliphatic carbocycles. The van der Waals surface area contributed by atoms with E-state index in [1.165, 1.54) is 18.4 Å². The zero-order valence-corrected chi connectivity index (χ0v) is 12.8. The normalized spacial score (nSPS) is 11.8. The zero-order chi connectivity index (χ0) is 14.9. The van der Waals surface area contributed by atoms with Crippen molar-refractivity contribution in [2.75, 3.05) is 19.4 Å². The fourth-order valence-electron chi connectivity index (χ4n) is 1.86. The Hall–Kier alpha value is -1.86. The molecule has 2 rings (SSSR count). The van der Waals surface area contributed by atoms with Crippen LogP contribution in [0.1, 0.15) is 5.69 Å². The van der Waals surface area contributed by atoms with Gasteiger partial charge in [0.1, 0.15) is 4.90 Å². The molecule has 0 unspecified atom stereocenters. The highest BCUT2D eigenvalue weighted by Gasteiger charge is 2.21. The lowest BCUT2D eigenvalue weighted by atomic mass is 10.3. The standard InChI is InChI=1S/C13H18N4O2S/c1-10-12(9-17(4)15-10)14-11-7-5-6-8-13(11)20(18,19)16(2)3/h5-9,14H,1-4H3. The minimum Gasteiger partial charge on any atom is -0.352 e. The average Bonchev–Trinajstić information content (AvgIpc) is 2.68. The van der Waals surface area contributed by atoms with Crippen molar-refractivity contribution in [2.45, 2.75) is 11.8 Å². The second kappa shape index (κ2) is 5.26. The summed E-state index contributed by atoms with van der Waals surface area (Å²) in [5, 5.41) is 7.36. The number of aromatic nitrogens is 2. The number of hydrogen-bond donors (Lipinski definition) is 1. The molecule has 6 nitrogen and oxygen atoms in total. The molecule has 1 aromatic carbocycles.